The third-order valence-corrected chi connectivity index (χ3v) is 11.0. The monoisotopic (exact) mass is 669 g/mol. The maximum Gasteiger partial charge on any atom is 0.417 e. The van der Waals surface area contributed by atoms with E-state index in [2.05, 4.69) is 21.6 Å². The number of thioether (sulfide) groups is 1. The number of alkyl halides is 3. The van der Waals surface area contributed by atoms with Gasteiger partial charge in [-0.25, -0.2) is 9.18 Å². The van der Waals surface area contributed by atoms with Crippen LogP contribution in [0.15, 0.2) is 46.7 Å². The molecule has 2 aromatic heterocycles. The lowest BCUT2D eigenvalue weighted by molar-refractivity contribution is -0.137. The molecule has 248 valence electrons. The second-order valence-electron chi connectivity index (χ2n) is 12.8. The number of anilines is 1. The van der Waals surface area contributed by atoms with Gasteiger partial charge in [0.25, 0.3) is 0 Å². The molecule has 2 saturated heterocycles. The van der Waals surface area contributed by atoms with Gasteiger partial charge in [-0.1, -0.05) is 6.58 Å². The molecule has 5 heterocycles. The van der Waals surface area contributed by atoms with Gasteiger partial charge in [0.15, 0.2) is 0 Å². The molecule has 3 aliphatic rings. The van der Waals surface area contributed by atoms with Crippen LogP contribution in [-0.2, 0) is 18.0 Å². The van der Waals surface area contributed by atoms with E-state index in [1.807, 2.05) is 18.7 Å². The van der Waals surface area contributed by atoms with E-state index in [-0.39, 0.29) is 70.4 Å². The summed E-state index contributed by atoms with van der Waals surface area (Å²) in [6.45, 7) is 10.2. The Labute approximate surface area is 272 Å². The number of amides is 1. The predicted molar refractivity (Wildman–Crippen MR) is 174 cm³/mol. The fourth-order valence-electron chi connectivity index (χ4n) is 7.50. The van der Waals surface area contributed by atoms with E-state index >= 15 is 13.2 Å². The summed E-state index contributed by atoms with van der Waals surface area (Å²) < 4.78 is 63.6. The normalized spacial score (nSPS) is 22.1. The molecule has 2 aromatic carbocycles. The van der Waals surface area contributed by atoms with Crippen molar-refractivity contribution in [2.24, 2.45) is 7.05 Å². The van der Waals surface area contributed by atoms with Crippen molar-refractivity contribution in [1.29, 1.82) is 0 Å². The number of piperazine rings is 1. The largest absolute Gasteiger partial charge is 0.417 e. The molecule has 9 nitrogen and oxygen atoms in total. The standard InChI is InChI=1S/C33H35F4N7O2S/c1-5-26(45)42-14-19(3)43(15-18(42)2)31-22-12-24(33(35,36)37)27(21-8-9-25(34)23-13-38-40(4)28(21)23)30-29(22)44(32(46)39-31)20(17-47-30)16-41-10-6-7-11-41/h5,8-9,12-13,18-20H,1,6-7,10-11,14-17H2,2-4H3/t18-,19+,20?/m1/s1. The first-order chi connectivity index (χ1) is 22.4. The van der Waals surface area contributed by atoms with E-state index in [1.165, 1.54) is 34.8 Å². The number of aromatic nitrogens is 4. The highest BCUT2D eigenvalue weighted by molar-refractivity contribution is 7.99. The lowest BCUT2D eigenvalue weighted by atomic mass is 9.94. The molecular weight excluding hydrogens is 634 g/mol. The van der Waals surface area contributed by atoms with Crippen molar-refractivity contribution in [3.63, 3.8) is 0 Å². The van der Waals surface area contributed by atoms with Gasteiger partial charge in [0.1, 0.15) is 11.6 Å². The lowest BCUT2D eigenvalue weighted by Crippen LogP contribution is -2.58. The third-order valence-electron chi connectivity index (χ3n) is 9.74. The number of rotatable bonds is 5. The zero-order valence-corrected chi connectivity index (χ0v) is 27.2. The summed E-state index contributed by atoms with van der Waals surface area (Å²) in [6.07, 6.45) is -0.129. The Morgan fingerprint density at radius 1 is 1.11 bits per heavy atom. The summed E-state index contributed by atoms with van der Waals surface area (Å²) in [6, 6.07) is 2.68. The van der Waals surface area contributed by atoms with Crippen LogP contribution < -0.4 is 10.6 Å². The molecule has 0 saturated carbocycles. The highest BCUT2D eigenvalue weighted by atomic mass is 32.2. The Balaban J connectivity index is 1.53. The van der Waals surface area contributed by atoms with Crippen molar-refractivity contribution in [2.45, 2.75) is 55.9 Å². The van der Waals surface area contributed by atoms with Crippen molar-refractivity contribution < 1.29 is 22.4 Å². The first-order valence-electron chi connectivity index (χ1n) is 15.7. The Hall–Kier alpha value is -3.91. The summed E-state index contributed by atoms with van der Waals surface area (Å²) in [7, 11) is 1.57. The van der Waals surface area contributed by atoms with Crippen LogP contribution in [0.1, 0.15) is 38.3 Å². The average molecular weight is 670 g/mol. The fourth-order valence-corrected chi connectivity index (χ4v) is 8.83. The lowest BCUT2D eigenvalue weighted by Gasteiger charge is -2.45. The van der Waals surface area contributed by atoms with Crippen LogP contribution in [0.4, 0.5) is 23.4 Å². The highest BCUT2D eigenvalue weighted by Crippen LogP contribution is 2.51. The van der Waals surface area contributed by atoms with Gasteiger partial charge in [0, 0.05) is 65.9 Å². The number of hydrogen-bond acceptors (Lipinski definition) is 7. The Morgan fingerprint density at radius 2 is 1.85 bits per heavy atom. The van der Waals surface area contributed by atoms with Gasteiger partial charge in [-0.15, -0.1) is 11.8 Å². The van der Waals surface area contributed by atoms with Gasteiger partial charge in [0.05, 0.1) is 34.2 Å². The number of halogens is 4. The molecular formula is C33H35F4N7O2S. The molecule has 1 unspecified atom stereocenters. The number of benzene rings is 2. The van der Waals surface area contributed by atoms with E-state index in [0.717, 1.165) is 38.1 Å². The molecule has 0 spiro atoms. The summed E-state index contributed by atoms with van der Waals surface area (Å²) in [5.41, 5.74) is -0.706. The zero-order valence-electron chi connectivity index (χ0n) is 26.3. The molecule has 0 aliphatic carbocycles. The minimum absolute atomic E-state index is 0.101. The summed E-state index contributed by atoms with van der Waals surface area (Å²) >= 11 is 1.30. The van der Waals surface area contributed by atoms with Gasteiger partial charge in [-0.2, -0.15) is 23.3 Å². The topological polar surface area (TPSA) is 79.5 Å². The molecule has 0 radical (unpaired) electrons. The summed E-state index contributed by atoms with van der Waals surface area (Å²) in [4.78, 5) is 37.3. The van der Waals surface area contributed by atoms with Crippen molar-refractivity contribution in [3.8, 4) is 11.1 Å². The predicted octanol–water partition coefficient (Wildman–Crippen LogP) is 5.46. The van der Waals surface area contributed by atoms with Gasteiger partial charge in [-0.3, -0.25) is 14.0 Å². The molecule has 0 bridgehead atoms. The highest BCUT2D eigenvalue weighted by Gasteiger charge is 2.41. The number of fused-ring (bicyclic) bond motifs is 1. The van der Waals surface area contributed by atoms with Crippen molar-refractivity contribution in [1.82, 2.24) is 29.1 Å². The molecule has 4 aromatic rings. The smallest absolute Gasteiger partial charge is 0.349 e. The van der Waals surface area contributed by atoms with Gasteiger partial charge in [0.2, 0.25) is 5.91 Å². The van der Waals surface area contributed by atoms with E-state index in [9.17, 15) is 14.0 Å². The molecule has 47 heavy (non-hydrogen) atoms. The Bertz CT molecular complexity index is 1980. The molecule has 3 aliphatic heterocycles. The number of nitrogens with zero attached hydrogens (tertiary/aromatic N) is 7. The van der Waals surface area contributed by atoms with Crippen LogP contribution in [0.2, 0.25) is 0 Å². The number of aryl methyl sites for hydroxylation is 1. The van der Waals surface area contributed by atoms with Crippen LogP contribution in [0.5, 0.6) is 0 Å². The molecule has 1 amide bonds. The number of carbonyl (C=O) groups excluding carboxylic acids is 1. The number of hydrogen-bond donors (Lipinski definition) is 0. The average Bonchev–Trinajstić information content (AvgIpc) is 3.69. The second kappa shape index (κ2) is 11.7. The van der Waals surface area contributed by atoms with Gasteiger partial charge >= 0.3 is 11.9 Å². The van der Waals surface area contributed by atoms with Crippen LogP contribution in [-0.4, -0.2) is 85.6 Å². The Kier molecular flexibility index (Phi) is 7.85. The quantitative estimate of drug-likeness (QED) is 0.206. The van der Waals surface area contributed by atoms with Crippen molar-refractivity contribution >= 4 is 45.3 Å². The minimum Gasteiger partial charge on any atom is -0.349 e. The van der Waals surface area contributed by atoms with Crippen LogP contribution in [0, 0.1) is 5.82 Å². The third kappa shape index (κ3) is 5.20. The van der Waals surface area contributed by atoms with Gasteiger partial charge < -0.3 is 14.7 Å². The molecule has 2 fully saturated rings. The van der Waals surface area contributed by atoms with E-state index < -0.39 is 23.2 Å². The second-order valence-corrected chi connectivity index (χ2v) is 13.8. The Morgan fingerprint density at radius 3 is 2.55 bits per heavy atom. The van der Waals surface area contributed by atoms with Crippen LogP contribution >= 0.6 is 11.8 Å². The molecule has 7 rings (SSSR count). The van der Waals surface area contributed by atoms with Crippen LogP contribution in [0.25, 0.3) is 32.9 Å². The first kappa shape index (κ1) is 31.7. The minimum atomic E-state index is -4.79. The SMILES string of the molecule is C=CC(=O)N1C[C@H](C)N(c2nc(=O)n3c4c(c(-c5ccc(F)c6cnn(C)c56)c(C(F)(F)F)cc24)SCC3CN2CCCC2)C[C@H]1C. The molecule has 3 atom stereocenters. The number of carbonyl (C=O) groups is 1. The molecule has 0 N–H and O–H groups in total. The zero-order chi connectivity index (χ0) is 33.4. The van der Waals surface area contributed by atoms with Crippen LogP contribution in [0.3, 0.4) is 0 Å². The van der Waals surface area contributed by atoms with E-state index in [4.69, 9.17) is 0 Å². The summed E-state index contributed by atoms with van der Waals surface area (Å²) in [5, 5.41) is 4.49. The number of likely N-dealkylation sites (tertiary alicyclic amines) is 1. The fraction of sp³-hybridized carbons (Fsp3) is 0.455. The van der Waals surface area contributed by atoms with E-state index in [1.54, 1.807) is 16.5 Å². The maximum atomic E-state index is 15.3. The van der Waals surface area contributed by atoms with Gasteiger partial charge in [-0.05, 0) is 64.1 Å². The van der Waals surface area contributed by atoms with E-state index in [0.29, 0.717) is 22.7 Å². The first-order valence-corrected chi connectivity index (χ1v) is 16.7. The van der Waals surface area contributed by atoms with Crippen molar-refractivity contribution in [2.75, 3.05) is 43.4 Å². The van der Waals surface area contributed by atoms with Crippen molar-refractivity contribution in [3.05, 3.63) is 58.9 Å². The maximum absolute atomic E-state index is 15.3. The summed E-state index contributed by atoms with van der Waals surface area (Å²) in [5.74, 6) is -0.283. The molecule has 14 heteroatoms.